The van der Waals surface area contributed by atoms with Crippen LogP contribution in [0.1, 0.15) is 40.1 Å². The van der Waals surface area contributed by atoms with E-state index in [1.807, 2.05) is 72.8 Å². The maximum atomic E-state index is 9.37. The topological polar surface area (TPSA) is 13.1 Å². The minimum absolute atomic E-state index is 0.000903. The Morgan fingerprint density at radius 2 is 0.927 bits per heavy atom. The molecule has 0 spiro atoms. The summed E-state index contributed by atoms with van der Waals surface area (Å²) >= 11 is 0. The summed E-state index contributed by atoms with van der Waals surface area (Å²) in [6, 6.07) is 31.4. The molecular formula is C54H36O. The van der Waals surface area contributed by atoms with Crippen molar-refractivity contribution in [1.29, 1.82) is 0 Å². The first-order valence-corrected chi connectivity index (χ1v) is 18.1. The molecule has 0 N–H and O–H groups in total. The highest BCUT2D eigenvalue weighted by molar-refractivity contribution is 6.18. The van der Waals surface area contributed by atoms with Crippen LogP contribution in [0.4, 0.5) is 0 Å². The lowest BCUT2D eigenvalue weighted by atomic mass is 9.85. The SMILES string of the molecule is [2H]c1c([2H])c([2H])c(Cc2c3c([2H])c([2H])c([2H])c([2H])c3c(Cc3ccc(-c4cccc5c4oc4cccc(-c6cccc7ccccc67)c45)c4ccccc34)c3c([2H])c([2H])c([2H])c([2H])c23)c([2H])c1[2H]. The Morgan fingerprint density at radius 1 is 0.382 bits per heavy atom. The highest BCUT2D eigenvalue weighted by atomic mass is 16.3. The van der Waals surface area contributed by atoms with Crippen LogP contribution in [-0.4, -0.2) is 0 Å². The average Bonchev–Trinajstić information content (AvgIpc) is 3.75. The zero-order valence-corrected chi connectivity index (χ0v) is 29.3. The van der Waals surface area contributed by atoms with Gasteiger partial charge in [0.25, 0.3) is 0 Å². The van der Waals surface area contributed by atoms with Crippen LogP contribution in [0.3, 0.4) is 0 Å². The molecule has 0 amide bonds. The van der Waals surface area contributed by atoms with Crippen LogP contribution < -0.4 is 0 Å². The van der Waals surface area contributed by atoms with Gasteiger partial charge in [-0.2, -0.15) is 0 Å². The van der Waals surface area contributed by atoms with E-state index in [1.165, 1.54) is 0 Å². The van der Waals surface area contributed by atoms with Crippen LogP contribution in [0, 0.1) is 0 Å². The number of furan rings is 1. The second-order valence-electron chi connectivity index (χ2n) is 13.7. The third-order valence-electron chi connectivity index (χ3n) is 10.8. The molecule has 1 heterocycles. The van der Waals surface area contributed by atoms with Gasteiger partial charge in [-0.15, -0.1) is 0 Å². The Bertz CT molecular complexity index is 3910. The maximum Gasteiger partial charge on any atom is 0.143 e. The number of rotatable bonds is 6. The lowest BCUT2D eigenvalue weighted by Gasteiger charge is -2.18. The van der Waals surface area contributed by atoms with E-state index in [9.17, 15) is 5.48 Å². The van der Waals surface area contributed by atoms with Crippen molar-refractivity contribution in [2.75, 3.05) is 0 Å². The van der Waals surface area contributed by atoms with Crippen LogP contribution >= 0.6 is 0 Å². The first kappa shape index (κ1) is 21.1. The minimum Gasteiger partial charge on any atom is -0.455 e. The number of hydrogen-bond acceptors (Lipinski definition) is 1. The third kappa shape index (κ3) is 5.16. The molecule has 1 heteroatoms. The Balaban J connectivity index is 1.16. The standard InChI is InChI=1S/C54H36O/c1-2-15-35(16-3-1)33-50-42-22-8-10-24-44(42)51(45-25-11-9-23-43(45)50)34-37-31-32-46(40-21-7-6-20-39(37)40)48-28-13-29-49-53-47(27-14-30-52(53)55-54(48)49)41-26-12-18-36-17-4-5-19-38(36)41/h1-32H,33-34H2/i1D,2D,3D,8D,9D,10D,11D,15D,16D,22D,23D,24D,25D. The predicted octanol–water partition coefficient (Wildman–Crippen LogP) is 14.7. The van der Waals surface area contributed by atoms with Gasteiger partial charge in [-0.1, -0.05) is 188 Å². The summed E-state index contributed by atoms with van der Waals surface area (Å²) in [5.74, 6) is 0. The van der Waals surface area contributed by atoms with E-state index in [0.29, 0.717) is 11.1 Å². The summed E-state index contributed by atoms with van der Waals surface area (Å²) in [5.41, 5.74) is 6.05. The normalized spacial score (nSPS) is 15.1. The van der Waals surface area contributed by atoms with E-state index in [-0.39, 0.29) is 44.7 Å². The van der Waals surface area contributed by atoms with Gasteiger partial charge in [-0.3, -0.25) is 0 Å². The fraction of sp³-hybridized carbons (Fsp3) is 0.0370. The van der Waals surface area contributed by atoms with Crippen molar-refractivity contribution in [3.8, 4) is 22.3 Å². The van der Waals surface area contributed by atoms with E-state index in [1.54, 1.807) is 0 Å². The van der Waals surface area contributed by atoms with Gasteiger partial charge in [0.2, 0.25) is 0 Å². The average molecular weight is 714 g/mol. The summed E-state index contributed by atoms with van der Waals surface area (Å²) in [5, 5.41) is 5.74. The first-order valence-electron chi connectivity index (χ1n) is 24.6. The van der Waals surface area contributed by atoms with Crippen LogP contribution in [0.5, 0.6) is 0 Å². The van der Waals surface area contributed by atoms with E-state index in [4.69, 9.17) is 16.8 Å². The molecule has 0 aliphatic heterocycles. The van der Waals surface area contributed by atoms with Gasteiger partial charge in [0, 0.05) is 16.3 Å². The molecule has 0 radical (unpaired) electrons. The molecule has 258 valence electrons. The van der Waals surface area contributed by atoms with Gasteiger partial charge < -0.3 is 4.42 Å². The first-order chi connectivity index (χ1) is 32.7. The summed E-state index contributed by atoms with van der Waals surface area (Å²) in [7, 11) is 0. The van der Waals surface area contributed by atoms with Gasteiger partial charge in [0.15, 0.2) is 0 Å². The molecule has 0 saturated carbocycles. The van der Waals surface area contributed by atoms with Crippen LogP contribution in [-0.2, 0) is 12.8 Å². The molecule has 0 bridgehead atoms. The molecule has 0 aliphatic carbocycles. The van der Waals surface area contributed by atoms with Crippen molar-refractivity contribution in [2.24, 2.45) is 0 Å². The number of benzene rings is 10. The van der Waals surface area contributed by atoms with Gasteiger partial charge in [0.05, 0.1) is 17.8 Å². The highest BCUT2D eigenvalue weighted by Gasteiger charge is 2.20. The predicted molar refractivity (Wildman–Crippen MR) is 233 cm³/mol. The molecule has 55 heavy (non-hydrogen) atoms. The zero-order valence-electron chi connectivity index (χ0n) is 42.3. The Morgan fingerprint density at radius 3 is 1.69 bits per heavy atom. The molecule has 0 fully saturated rings. The molecule has 0 atom stereocenters. The lowest BCUT2D eigenvalue weighted by Crippen LogP contribution is -1.99. The summed E-state index contributed by atoms with van der Waals surface area (Å²) in [6.45, 7) is 0. The van der Waals surface area contributed by atoms with E-state index in [0.717, 1.165) is 60.2 Å². The minimum atomic E-state index is -0.615. The lowest BCUT2D eigenvalue weighted by molar-refractivity contribution is 0.670. The maximum absolute atomic E-state index is 9.37. The number of hydrogen-bond donors (Lipinski definition) is 0. The van der Waals surface area contributed by atoms with Gasteiger partial charge in [-0.25, -0.2) is 0 Å². The van der Waals surface area contributed by atoms with Crippen LogP contribution in [0.2, 0.25) is 0 Å². The second-order valence-corrected chi connectivity index (χ2v) is 13.7. The number of fused-ring (bicyclic) bond motifs is 7. The van der Waals surface area contributed by atoms with Gasteiger partial charge in [0.1, 0.15) is 11.2 Å². The monoisotopic (exact) mass is 713 g/mol. The van der Waals surface area contributed by atoms with Crippen LogP contribution in [0.15, 0.2) is 198 Å². The van der Waals surface area contributed by atoms with Crippen LogP contribution in [0.25, 0.3) is 87.3 Å². The van der Waals surface area contributed by atoms with Crippen molar-refractivity contribution < 1.29 is 22.2 Å². The molecule has 11 aromatic rings. The quantitative estimate of drug-likeness (QED) is 0.156. The zero-order chi connectivity index (χ0) is 47.6. The summed E-state index contributed by atoms with van der Waals surface area (Å²) < 4.78 is 122. The molecule has 0 unspecified atom stereocenters. The summed E-state index contributed by atoms with van der Waals surface area (Å²) in [4.78, 5) is 0. The second kappa shape index (κ2) is 12.9. The molecule has 10 aromatic carbocycles. The van der Waals surface area contributed by atoms with Crippen molar-refractivity contribution in [2.45, 2.75) is 12.8 Å². The van der Waals surface area contributed by atoms with E-state index < -0.39 is 85.0 Å². The fourth-order valence-corrected chi connectivity index (χ4v) is 8.36. The molecule has 1 nitrogen and oxygen atoms in total. The van der Waals surface area contributed by atoms with Gasteiger partial charge in [-0.05, 0) is 101 Å². The Labute approximate surface area is 338 Å². The van der Waals surface area contributed by atoms with Crippen molar-refractivity contribution in [1.82, 2.24) is 0 Å². The Hall–Kier alpha value is -6.96. The molecular weight excluding hydrogens is 665 g/mol. The molecule has 0 aliphatic rings. The molecule has 11 rings (SSSR count). The molecule has 0 saturated heterocycles. The smallest absolute Gasteiger partial charge is 0.143 e. The van der Waals surface area contributed by atoms with Crippen molar-refractivity contribution in [3.63, 3.8) is 0 Å². The molecule has 1 aromatic heterocycles. The van der Waals surface area contributed by atoms with Gasteiger partial charge >= 0.3 is 0 Å². The van der Waals surface area contributed by atoms with E-state index in [2.05, 4.69) is 42.5 Å². The largest absolute Gasteiger partial charge is 0.455 e. The Kier molecular flexibility index (Phi) is 4.93. The van der Waals surface area contributed by atoms with Crippen molar-refractivity contribution in [3.05, 3.63) is 216 Å². The third-order valence-corrected chi connectivity index (χ3v) is 10.8. The summed E-state index contributed by atoms with van der Waals surface area (Å²) in [6.07, 6.45) is -0.516. The highest BCUT2D eigenvalue weighted by Crippen LogP contribution is 2.44. The van der Waals surface area contributed by atoms with E-state index >= 15 is 0 Å². The fourth-order valence-electron chi connectivity index (χ4n) is 8.36. The van der Waals surface area contributed by atoms with Crippen molar-refractivity contribution >= 4 is 65.0 Å². The number of para-hydroxylation sites is 1.